The van der Waals surface area contributed by atoms with Crippen LogP contribution in [0, 0.1) is 3.57 Å². The fourth-order valence-electron chi connectivity index (χ4n) is 5.08. The topological polar surface area (TPSA) is 192 Å². The van der Waals surface area contributed by atoms with Crippen molar-refractivity contribution in [2.75, 3.05) is 13.2 Å². The van der Waals surface area contributed by atoms with Crippen molar-refractivity contribution < 1.29 is 56.6 Å². The van der Waals surface area contributed by atoms with E-state index in [0.29, 0.717) is 46.5 Å². The van der Waals surface area contributed by atoms with E-state index in [1.165, 1.54) is 40.4 Å². The quantitative estimate of drug-likeness (QED) is 0.0274. The van der Waals surface area contributed by atoms with Crippen molar-refractivity contribution in [3.8, 4) is 11.1 Å². The molecule has 0 aliphatic heterocycles. The minimum Gasteiger partial charge on any atom is -0.473 e. The molecule has 20 heteroatoms. The second kappa shape index (κ2) is 22.0. The number of fused-ring (bicyclic) bond motifs is 2. The van der Waals surface area contributed by atoms with E-state index in [9.17, 15) is 9.59 Å². The Hall–Kier alpha value is -5.75. The lowest BCUT2D eigenvalue weighted by Gasteiger charge is -2.05. The molecule has 2 aromatic carbocycles. The van der Waals surface area contributed by atoms with Gasteiger partial charge in [0, 0.05) is 53.1 Å². The van der Waals surface area contributed by atoms with E-state index in [2.05, 4.69) is 37.0 Å². The van der Waals surface area contributed by atoms with Gasteiger partial charge in [-0.25, -0.2) is 29.5 Å². The van der Waals surface area contributed by atoms with Gasteiger partial charge in [-0.2, -0.15) is 0 Å². The van der Waals surface area contributed by atoms with Gasteiger partial charge >= 0.3 is 19.1 Å². The molecule has 8 aromatic rings. The molecule has 2 N–H and O–H groups in total. The van der Waals surface area contributed by atoms with Crippen LogP contribution >= 0.6 is 46.7 Å². The molecule has 0 amide bonds. The molecule has 0 unspecified atom stereocenters. The third-order valence-corrected chi connectivity index (χ3v) is 9.89. The highest BCUT2D eigenvalue weighted by Crippen LogP contribution is 2.31. The van der Waals surface area contributed by atoms with Gasteiger partial charge in [-0.05, 0) is 85.0 Å². The lowest BCUT2D eigenvalue weighted by molar-refractivity contribution is -0.188. The molecule has 8 rings (SSSR count). The zero-order valence-corrected chi connectivity index (χ0v) is 35.4. The molecular formula is C40H34BIN4O12S2. The summed E-state index contributed by atoms with van der Waals surface area (Å²) in [6.07, 6.45) is 12.2. The van der Waals surface area contributed by atoms with Crippen molar-refractivity contribution in [2.45, 2.75) is 23.6 Å². The number of furan rings is 2. The van der Waals surface area contributed by atoms with Gasteiger partial charge in [0.2, 0.25) is 0 Å². The zero-order valence-electron chi connectivity index (χ0n) is 31.7. The Balaban J connectivity index is 0.000000171. The van der Waals surface area contributed by atoms with Crippen LogP contribution < -0.4 is 15.4 Å². The number of nitrogens with zero attached hydrogens (tertiary/aromatic N) is 4. The van der Waals surface area contributed by atoms with E-state index in [1.807, 2.05) is 66.7 Å². The molecule has 0 saturated carbocycles. The van der Waals surface area contributed by atoms with Crippen LogP contribution in [0.15, 0.2) is 153 Å². The fourth-order valence-corrected chi connectivity index (χ4v) is 6.62. The van der Waals surface area contributed by atoms with Crippen LogP contribution in [0.25, 0.3) is 33.2 Å². The Labute approximate surface area is 364 Å². The van der Waals surface area contributed by atoms with Gasteiger partial charge in [0.25, 0.3) is 0 Å². The van der Waals surface area contributed by atoms with Gasteiger partial charge < -0.3 is 28.4 Å². The third-order valence-electron chi connectivity index (χ3n) is 7.84. The maximum absolute atomic E-state index is 12.1. The number of hydrogen-bond acceptors (Lipinski definition) is 16. The summed E-state index contributed by atoms with van der Waals surface area (Å²) in [4.78, 5) is 45.0. The van der Waals surface area contributed by atoms with E-state index >= 15 is 0 Å². The minimum atomic E-state index is -1.41. The summed E-state index contributed by atoms with van der Waals surface area (Å²) in [5.41, 5.74) is 3.81. The Bertz CT molecular complexity index is 2580. The lowest BCUT2D eigenvalue weighted by atomic mass is 9.83. The monoisotopic (exact) mass is 964 g/mol. The highest BCUT2D eigenvalue weighted by Gasteiger charge is 2.18. The first kappa shape index (κ1) is 43.8. The average Bonchev–Trinajstić information content (AvgIpc) is 4.11. The number of esters is 2. The molecule has 0 fully saturated rings. The van der Waals surface area contributed by atoms with Gasteiger partial charge in [0.05, 0.1) is 85.9 Å². The predicted octanol–water partition coefficient (Wildman–Crippen LogP) is 7.39. The number of carbonyl (C=O) groups is 2. The second-order valence-corrected chi connectivity index (χ2v) is 14.5. The number of halogens is 1. The summed E-state index contributed by atoms with van der Waals surface area (Å²) in [7, 11) is -1.41. The van der Waals surface area contributed by atoms with Crippen molar-refractivity contribution in [1.29, 1.82) is 0 Å². The molecule has 0 bridgehead atoms. The molecule has 60 heavy (non-hydrogen) atoms. The van der Waals surface area contributed by atoms with Crippen LogP contribution in [0.3, 0.4) is 0 Å². The number of ether oxygens (including phenoxy) is 2. The highest BCUT2D eigenvalue weighted by atomic mass is 127. The number of rotatable bonds is 14. The summed E-state index contributed by atoms with van der Waals surface area (Å²) in [6.45, 7) is 4.13. The highest BCUT2D eigenvalue weighted by molar-refractivity contribution is 14.1. The van der Waals surface area contributed by atoms with Crippen molar-refractivity contribution in [1.82, 2.24) is 19.4 Å². The summed E-state index contributed by atoms with van der Waals surface area (Å²) in [5.74, 6) is -0.827. The summed E-state index contributed by atoms with van der Waals surface area (Å²) in [5, 5.41) is 18.3. The smallest absolute Gasteiger partial charge is 0.473 e. The zero-order chi connectivity index (χ0) is 42.3. The molecule has 0 aliphatic carbocycles. The molecule has 6 aromatic heterocycles. The Morgan fingerprint density at radius 3 is 1.72 bits per heavy atom. The first-order chi connectivity index (χ1) is 29.2. The van der Waals surface area contributed by atoms with Gasteiger partial charge in [-0.15, -0.1) is 9.46 Å². The average molecular weight is 965 g/mol. The fraction of sp³-hybridized carbons (Fsp3) is 0.100. The van der Waals surface area contributed by atoms with E-state index in [-0.39, 0.29) is 0 Å². The molecule has 308 valence electrons. The number of hydrogen-bond donors (Lipinski definition) is 2. The molecule has 16 nitrogen and oxygen atoms in total. The van der Waals surface area contributed by atoms with Crippen LogP contribution in [0.5, 0.6) is 0 Å². The van der Waals surface area contributed by atoms with Crippen molar-refractivity contribution in [2.24, 2.45) is 0 Å². The van der Waals surface area contributed by atoms with E-state index < -0.39 is 19.1 Å². The first-order valence-electron chi connectivity index (χ1n) is 17.8. The van der Waals surface area contributed by atoms with Gasteiger partial charge in [0.1, 0.15) is 0 Å². The SMILES string of the molecule is CCOC(=O)c1cnc2c(c1)c(-c1ccoc1)cn2OOSc1ccccc1.CCOC(=O)c1cnc2c(c1)c(I)cn2OOSc1ccccc1.OB(O)c1ccoc1. The summed E-state index contributed by atoms with van der Waals surface area (Å²) in [6, 6.07) is 25.9. The van der Waals surface area contributed by atoms with Gasteiger partial charge in [-0.3, -0.25) is 0 Å². The van der Waals surface area contributed by atoms with Crippen LogP contribution in [0.4, 0.5) is 0 Å². The largest absolute Gasteiger partial charge is 0.491 e. The van der Waals surface area contributed by atoms with Crippen LogP contribution in [0.1, 0.15) is 34.6 Å². The van der Waals surface area contributed by atoms with Crippen molar-refractivity contribution in [3.63, 3.8) is 0 Å². The molecule has 0 atom stereocenters. The lowest BCUT2D eigenvalue weighted by Crippen LogP contribution is -2.27. The van der Waals surface area contributed by atoms with E-state index in [0.717, 1.165) is 54.0 Å². The second-order valence-electron chi connectivity index (χ2n) is 11.8. The normalized spacial score (nSPS) is 10.6. The summed E-state index contributed by atoms with van der Waals surface area (Å²) >= 11 is 4.33. The molecule has 6 heterocycles. The van der Waals surface area contributed by atoms with Crippen LogP contribution in [0.2, 0.25) is 0 Å². The van der Waals surface area contributed by atoms with Crippen LogP contribution in [-0.2, 0) is 18.1 Å². The standard InChI is InChI=1S/C20H16N2O5S.C16H13IN2O4S.C4H5BO3/c1-2-25-20(23)15-10-17-18(14-8-9-24-13-14)12-22(19(17)21-11-15)26-27-28-16-6-4-3-5-7-16;1-2-21-16(20)11-8-13-14(17)10-19(15(13)18-9-11)22-23-24-12-6-4-3-5-7-12;6-5(7)4-1-2-8-3-4/h3-13H,2H2,1H3;3-10H,2H2,1H3;1-3,6-7H. The number of pyridine rings is 2. The van der Waals surface area contributed by atoms with Gasteiger partial charge in [-0.1, -0.05) is 45.1 Å². The molecule has 0 radical (unpaired) electrons. The van der Waals surface area contributed by atoms with Crippen LogP contribution in [-0.4, -0.2) is 61.7 Å². The maximum atomic E-state index is 12.1. The van der Waals surface area contributed by atoms with E-state index in [4.69, 9.17) is 42.6 Å². The first-order valence-corrected chi connectivity index (χ1v) is 20.4. The van der Waals surface area contributed by atoms with Crippen molar-refractivity contribution >= 4 is 93.3 Å². The van der Waals surface area contributed by atoms with Gasteiger partial charge in [0.15, 0.2) is 11.3 Å². The maximum Gasteiger partial charge on any atom is 0.491 e. The Morgan fingerprint density at radius 2 is 1.23 bits per heavy atom. The summed E-state index contributed by atoms with van der Waals surface area (Å²) < 4.78 is 34.0. The van der Waals surface area contributed by atoms with E-state index in [1.54, 1.807) is 50.9 Å². The minimum absolute atomic E-state index is 0.292. The third kappa shape index (κ3) is 11.7. The molecule has 0 spiro atoms. The Kier molecular flexibility index (Phi) is 16.1. The Morgan fingerprint density at radius 1 is 0.717 bits per heavy atom. The van der Waals surface area contributed by atoms with Crippen molar-refractivity contribution in [3.05, 3.63) is 149 Å². The number of carbonyl (C=O) groups excluding carboxylic acids is 2. The number of benzene rings is 2. The molecule has 0 saturated heterocycles. The molecule has 0 aliphatic rings. The number of aromatic nitrogens is 4. The molecular weight excluding hydrogens is 930 g/mol. The predicted molar refractivity (Wildman–Crippen MR) is 230 cm³/mol.